The SMILES string of the molecule is COCC1CN(CCOc2ccc(Cl)cc2)Cc2c1cnn2C.O=C(O)C(F)(F)F. The molecule has 1 aliphatic rings. The first-order valence-corrected chi connectivity index (χ1v) is 9.40. The largest absolute Gasteiger partial charge is 0.492 e. The zero-order valence-corrected chi connectivity index (χ0v) is 17.3. The van der Waals surface area contributed by atoms with Crippen LogP contribution in [0.4, 0.5) is 13.2 Å². The van der Waals surface area contributed by atoms with E-state index >= 15 is 0 Å². The second-order valence-corrected chi connectivity index (χ2v) is 7.10. The molecule has 1 aliphatic heterocycles. The fourth-order valence-electron chi connectivity index (χ4n) is 3.04. The van der Waals surface area contributed by atoms with E-state index in [4.69, 9.17) is 31.0 Å². The predicted octanol–water partition coefficient (Wildman–Crippen LogP) is 3.33. The summed E-state index contributed by atoms with van der Waals surface area (Å²) in [5, 5.41) is 12.2. The number of nitrogens with zero attached hydrogens (tertiary/aromatic N) is 3. The van der Waals surface area contributed by atoms with Crippen LogP contribution < -0.4 is 4.74 Å². The fourth-order valence-corrected chi connectivity index (χ4v) is 3.16. The molecule has 30 heavy (non-hydrogen) atoms. The van der Waals surface area contributed by atoms with Crippen molar-refractivity contribution in [3.63, 3.8) is 0 Å². The van der Waals surface area contributed by atoms with Gasteiger partial charge in [0.15, 0.2) is 0 Å². The Morgan fingerprint density at radius 3 is 2.53 bits per heavy atom. The average Bonchev–Trinajstić information content (AvgIpc) is 3.05. The first-order valence-electron chi connectivity index (χ1n) is 9.02. The van der Waals surface area contributed by atoms with E-state index in [0.29, 0.717) is 19.1 Å². The van der Waals surface area contributed by atoms with Crippen LogP contribution >= 0.6 is 11.6 Å². The Hall–Kier alpha value is -2.30. The molecule has 0 saturated carbocycles. The molecule has 0 aliphatic carbocycles. The van der Waals surface area contributed by atoms with Gasteiger partial charge in [-0.1, -0.05) is 11.6 Å². The number of ether oxygens (including phenoxy) is 2. The highest BCUT2D eigenvalue weighted by Gasteiger charge is 2.38. The molecule has 1 N–H and O–H groups in total. The van der Waals surface area contributed by atoms with Gasteiger partial charge in [0.25, 0.3) is 0 Å². The first-order chi connectivity index (χ1) is 14.1. The zero-order chi connectivity index (χ0) is 22.3. The van der Waals surface area contributed by atoms with E-state index in [1.54, 1.807) is 7.11 Å². The number of aliphatic carboxylic acids is 1. The van der Waals surface area contributed by atoms with Crippen LogP contribution in [0.2, 0.25) is 5.02 Å². The average molecular weight is 450 g/mol. The zero-order valence-electron chi connectivity index (χ0n) is 16.5. The maximum atomic E-state index is 10.6. The standard InChI is InChI=1S/C17H22ClN3O2.C2HF3O2/c1-20-17-11-21(10-13(12-22-2)16(17)9-19-20)7-8-23-15-5-3-14(18)4-6-15;3-2(4,5)1(6)7/h3-6,9,13H,7-8,10-12H2,1-2H3;(H,6,7). The lowest BCUT2D eigenvalue weighted by atomic mass is 9.95. The molecule has 1 aromatic heterocycles. The van der Waals surface area contributed by atoms with Crippen molar-refractivity contribution in [2.45, 2.75) is 18.6 Å². The monoisotopic (exact) mass is 449 g/mol. The lowest BCUT2D eigenvalue weighted by Gasteiger charge is -2.32. The summed E-state index contributed by atoms with van der Waals surface area (Å²) >= 11 is 5.88. The quantitative estimate of drug-likeness (QED) is 0.729. The minimum Gasteiger partial charge on any atom is -0.492 e. The van der Waals surface area contributed by atoms with Gasteiger partial charge in [0.05, 0.1) is 18.5 Å². The van der Waals surface area contributed by atoms with Crippen molar-refractivity contribution in [2.75, 3.05) is 33.4 Å². The van der Waals surface area contributed by atoms with Crippen LogP contribution in [0.1, 0.15) is 17.2 Å². The van der Waals surface area contributed by atoms with Crippen molar-refractivity contribution in [3.05, 3.63) is 46.7 Å². The number of halogens is 4. The van der Waals surface area contributed by atoms with Gasteiger partial charge in [0, 0.05) is 50.3 Å². The third-order valence-electron chi connectivity index (χ3n) is 4.49. The van der Waals surface area contributed by atoms with E-state index < -0.39 is 12.1 Å². The van der Waals surface area contributed by atoms with E-state index in [2.05, 4.69) is 10.00 Å². The van der Waals surface area contributed by atoms with Gasteiger partial charge in [-0.25, -0.2) is 4.79 Å². The van der Waals surface area contributed by atoms with Gasteiger partial charge in [-0.2, -0.15) is 18.3 Å². The number of carbonyl (C=O) groups is 1. The molecule has 7 nitrogen and oxygen atoms in total. The van der Waals surface area contributed by atoms with E-state index in [0.717, 1.165) is 30.4 Å². The summed E-state index contributed by atoms with van der Waals surface area (Å²) in [5.41, 5.74) is 2.58. The molecule has 2 aromatic rings. The van der Waals surface area contributed by atoms with Gasteiger partial charge in [0.2, 0.25) is 0 Å². The number of hydrogen-bond donors (Lipinski definition) is 1. The summed E-state index contributed by atoms with van der Waals surface area (Å²) < 4.78 is 44.9. The van der Waals surface area contributed by atoms with Gasteiger partial charge >= 0.3 is 12.1 Å². The van der Waals surface area contributed by atoms with Gasteiger partial charge in [0.1, 0.15) is 12.4 Å². The number of carboxylic acids is 1. The number of carboxylic acid groups (broad SMARTS) is 1. The molecule has 0 radical (unpaired) electrons. The number of fused-ring (bicyclic) bond motifs is 1. The first kappa shape index (κ1) is 24.0. The third-order valence-corrected chi connectivity index (χ3v) is 4.74. The molecule has 2 heterocycles. The Bertz CT molecular complexity index is 827. The molecule has 1 unspecified atom stereocenters. The molecule has 0 saturated heterocycles. The number of benzene rings is 1. The van der Waals surface area contributed by atoms with Crippen LogP contribution in [0.5, 0.6) is 5.75 Å². The highest BCUT2D eigenvalue weighted by molar-refractivity contribution is 6.30. The van der Waals surface area contributed by atoms with Crippen molar-refractivity contribution in [1.29, 1.82) is 0 Å². The van der Waals surface area contributed by atoms with Crippen molar-refractivity contribution in [2.24, 2.45) is 7.05 Å². The smallest absolute Gasteiger partial charge is 0.490 e. The summed E-state index contributed by atoms with van der Waals surface area (Å²) in [6.07, 6.45) is -3.11. The van der Waals surface area contributed by atoms with Crippen LogP contribution in [-0.4, -0.2) is 65.3 Å². The molecule has 11 heteroatoms. The molecule has 0 amide bonds. The van der Waals surface area contributed by atoms with Gasteiger partial charge in [-0.05, 0) is 24.3 Å². The summed E-state index contributed by atoms with van der Waals surface area (Å²) in [6.45, 7) is 4.10. The van der Waals surface area contributed by atoms with Crippen LogP contribution in [-0.2, 0) is 23.1 Å². The Kier molecular flexibility index (Phi) is 8.51. The topological polar surface area (TPSA) is 76.8 Å². The minimum absolute atomic E-state index is 0.369. The molecule has 1 aromatic carbocycles. The summed E-state index contributed by atoms with van der Waals surface area (Å²) in [5.74, 6) is -1.54. The second kappa shape index (κ2) is 10.6. The molecule has 3 rings (SSSR count). The Labute approximate surface area is 176 Å². The summed E-state index contributed by atoms with van der Waals surface area (Å²) in [4.78, 5) is 11.3. The molecule has 166 valence electrons. The van der Waals surface area contributed by atoms with Gasteiger partial charge in [-0.15, -0.1) is 0 Å². The predicted molar refractivity (Wildman–Crippen MR) is 104 cm³/mol. The number of hydrogen-bond acceptors (Lipinski definition) is 5. The third kappa shape index (κ3) is 6.89. The Morgan fingerprint density at radius 1 is 1.33 bits per heavy atom. The molecule has 0 fully saturated rings. The Morgan fingerprint density at radius 2 is 1.97 bits per heavy atom. The van der Waals surface area contributed by atoms with E-state index in [9.17, 15) is 13.2 Å². The summed E-state index contributed by atoms with van der Waals surface area (Å²) in [6, 6.07) is 7.47. The maximum Gasteiger partial charge on any atom is 0.490 e. The highest BCUT2D eigenvalue weighted by Crippen LogP contribution is 2.28. The lowest BCUT2D eigenvalue weighted by Crippen LogP contribution is -2.38. The van der Waals surface area contributed by atoms with E-state index in [1.165, 1.54) is 11.3 Å². The molecular weight excluding hydrogens is 427 g/mol. The number of aryl methyl sites for hydroxylation is 1. The van der Waals surface area contributed by atoms with Crippen molar-refractivity contribution in [3.8, 4) is 5.75 Å². The fraction of sp³-hybridized carbons (Fsp3) is 0.474. The highest BCUT2D eigenvalue weighted by atomic mass is 35.5. The number of alkyl halides is 3. The van der Waals surface area contributed by atoms with Crippen molar-refractivity contribution in [1.82, 2.24) is 14.7 Å². The van der Waals surface area contributed by atoms with Crippen molar-refractivity contribution >= 4 is 17.6 Å². The minimum atomic E-state index is -5.08. The van der Waals surface area contributed by atoms with Gasteiger partial charge in [-0.3, -0.25) is 9.58 Å². The molecule has 1 atom stereocenters. The molecule has 0 bridgehead atoms. The van der Waals surface area contributed by atoms with Gasteiger partial charge < -0.3 is 14.6 Å². The number of aromatic nitrogens is 2. The number of methoxy groups -OCH3 is 1. The van der Waals surface area contributed by atoms with E-state index in [1.807, 2.05) is 42.2 Å². The van der Waals surface area contributed by atoms with Crippen LogP contribution in [0.15, 0.2) is 30.5 Å². The van der Waals surface area contributed by atoms with Crippen molar-refractivity contribution < 1.29 is 32.5 Å². The van der Waals surface area contributed by atoms with Crippen LogP contribution in [0, 0.1) is 0 Å². The van der Waals surface area contributed by atoms with Crippen LogP contribution in [0.3, 0.4) is 0 Å². The molecular formula is C19H23ClF3N3O4. The lowest BCUT2D eigenvalue weighted by molar-refractivity contribution is -0.192. The maximum absolute atomic E-state index is 10.6. The number of rotatable bonds is 6. The summed E-state index contributed by atoms with van der Waals surface area (Å²) in [7, 11) is 3.75. The van der Waals surface area contributed by atoms with Crippen LogP contribution in [0.25, 0.3) is 0 Å². The van der Waals surface area contributed by atoms with E-state index in [-0.39, 0.29) is 0 Å². The second-order valence-electron chi connectivity index (χ2n) is 6.66. The molecule has 0 spiro atoms. The normalized spacial score (nSPS) is 16.4. The Balaban J connectivity index is 0.000000396.